The Morgan fingerprint density at radius 3 is 2.70 bits per heavy atom. The molecule has 0 aliphatic carbocycles. The first kappa shape index (κ1) is 14.5. The highest BCUT2D eigenvalue weighted by Crippen LogP contribution is 2.13. The lowest BCUT2D eigenvalue weighted by Crippen LogP contribution is -2.29. The summed E-state index contributed by atoms with van der Waals surface area (Å²) in [4.78, 5) is 16.5. The molecule has 0 aromatic carbocycles. The summed E-state index contributed by atoms with van der Waals surface area (Å²) in [6.45, 7) is 8.53. The molecular weight excluding hydrogens is 252 g/mol. The van der Waals surface area contributed by atoms with Crippen LogP contribution in [0.25, 0.3) is 5.65 Å². The van der Waals surface area contributed by atoms with Crippen molar-refractivity contribution in [1.82, 2.24) is 19.9 Å². The second-order valence-electron chi connectivity index (χ2n) is 5.18. The zero-order valence-corrected chi connectivity index (χ0v) is 12.6. The van der Waals surface area contributed by atoms with Gasteiger partial charge in [-0.1, -0.05) is 13.8 Å². The fourth-order valence-corrected chi connectivity index (χ4v) is 2.43. The van der Waals surface area contributed by atoms with Gasteiger partial charge in [-0.15, -0.1) is 0 Å². The van der Waals surface area contributed by atoms with Crippen molar-refractivity contribution in [2.75, 3.05) is 0 Å². The van der Waals surface area contributed by atoms with Crippen LogP contribution in [0.15, 0.2) is 12.3 Å². The molecule has 2 rings (SSSR count). The zero-order chi connectivity index (χ0) is 14.7. The predicted octanol–water partition coefficient (Wildman–Crippen LogP) is 2.40. The Bertz CT molecular complexity index is 614. The second kappa shape index (κ2) is 6.03. The molecule has 0 atom stereocenters. The van der Waals surface area contributed by atoms with Gasteiger partial charge in [-0.25, -0.2) is 9.50 Å². The molecule has 20 heavy (non-hydrogen) atoms. The van der Waals surface area contributed by atoms with Gasteiger partial charge in [0.1, 0.15) is 0 Å². The van der Waals surface area contributed by atoms with Crippen LogP contribution in [0.1, 0.15) is 43.6 Å². The van der Waals surface area contributed by atoms with E-state index in [2.05, 4.69) is 15.4 Å². The van der Waals surface area contributed by atoms with Crippen molar-refractivity contribution in [2.45, 2.75) is 47.1 Å². The number of amides is 1. The summed E-state index contributed by atoms with van der Waals surface area (Å²) in [5, 5.41) is 7.31. The van der Waals surface area contributed by atoms with Gasteiger partial charge in [-0.3, -0.25) is 4.79 Å². The zero-order valence-electron chi connectivity index (χ0n) is 12.6. The van der Waals surface area contributed by atoms with E-state index in [1.54, 1.807) is 6.20 Å². The molecule has 0 saturated carbocycles. The highest BCUT2D eigenvalue weighted by molar-refractivity contribution is 5.78. The van der Waals surface area contributed by atoms with E-state index in [0.717, 1.165) is 35.4 Å². The van der Waals surface area contributed by atoms with E-state index in [1.807, 2.05) is 38.3 Å². The Labute approximate surface area is 119 Å². The maximum Gasteiger partial charge on any atom is 0.223 e. The lowest BCUT2D eigenvalue weighted by atomic mass is 10.0. The van der Waals surface area contributed by atoms with Crippen molar-refractivity contribution in [3.8, 4) is 0 Å². The predicted molar refractivity (Wildman–Crippen MR) is 78.4 cm³/mol. The number of carbonyl (C=O) groups excluding carboxylic acids is 1. The molecule has 1 N–H and O–H groups in total. The maximum absolute atomic E-state index is 12.0. The van der Waals surface area contributed by atoms with Gasteiger partial charge in [0.25, 0.3) is 0 Å². The van der Waals surface area contributed by atoms with E-state index in [1.165, 1.54) is 0 Å². The van der Waals surface area contributed by atoms with Crippen molar-refractivity contribution in [3.63, 3.8) is 0 Å². The van der Waals surface area contributed by atoms with Gasteiger partial charge >= 0.3 is 0 Å². The Hall–Kier alpha value is -1.91. The molecule has 5 nitrogen and oxygen atoms in total. The first-order chi connectivity index (χ1) is 9.56. The lowest BCUT2D eigenvalue weighted by molar-refractivity contribution is -0.125. The average Bonchev–Trinajstić information content (AvgIpc) is 2.81. The molecule has 0 bridgehead atoms. The maximum atomic E-state index is 12.0. The van der Waals surface area contributed by atoms with E-state index in [-0.39, 0.29) is 11.8 Å². The number of nitrogens with one attached hydrogen (secondary N) is 1. The van der Waals surface area contributed by atoms with Crippen molar-refractivity contribution in [1.29, 1.82) is 0 Å². The first-order valence-electron chi connectivity index (χ1n) is 7.15. The van der Waals surface area contributed by atoms with Crippen LogP contribution >= 0.6 is 0 Å². The summed E-state index contributed by atoms with van der Waals surface area (Å²) >= 11 is 0. The van der Waals surface area contributed by atoms with E-state index >= 15 is 0 Å². The minimum Gasteiger partial charge on any atom is -0.352 e. The molecule has 2 aromatic rings. The third kappa shape index (κ3) is 2.81. The first-order valence-corrected chi connectivity index (χ1v) is 7.15. The monoisotopic (exact) mass is 274 g/mol. The molecule has 0 spiro atoms. The van der Waals surface area contributed by atoms with E-state index < -0.39 is 0 Å². The van der Waals surface area contributed by atoms with Crippen molar-refractivity contribution < 1.29 is 4.79 Å². The number of aryl methyl sites for hydroxylation is 2. The van der Waals surface area contributed by atoms with Gasteiger partial charge in [-0.2, -0.15) is 5.10 Å². The van der Waals surface area contributed by atoms with Gasteiger partial charge in [0.05, 0.1) is 6.20 Å². The Kier molecular flexibility index (Phi) is 4.37. The van der Waals surface area contributed by atoms with E-state index in [9.17, 15) is 4.79 Å². The summed E-state index contributed by atoms with van der Waals surface area (Å²) in [5.41, 5.74) is 3.79. The van der Waals surface area contributed by atoms with Gasteiger partial charge in [0.15, 0.2) is 5.65 Å². The molecule has 0 aliphatic heterocycles. The molecule has 0 aliphatic rings. The second-order valence-corrected chi connectivity index (χ2v) is 5.18. The van der Waals surface area contributed by atoms with Crippen molar-refractivity contribution >= 4 is 11.6 Å². The summed E-state index contributed by atoms with van der Waals surface area (Å²) in [7, 11) is 0. The summed E-state index contributed by atoms with van der Waals surface area (Å²) < 4.78 is 1.81. The van der Waals surface area contributed by atoms with Gasteiger partial charge in [-0.05, 0) is 32.8 Å². The molecule has 2 heterocycles. The number of nitrogens with zero attached hydrogens (tertiary/aromatic N) is 3. The topological polar surface area (TPSA) is 59.3 Å². The molecule has 0 saturated heterocycles. The number of carbonyl (C=O) groups is 1. The van der Waals surface area contributed by atoms with Crippen LogP contribution in [0.3, 0.4) is 0 Å². The normalized spacial score (nSPS) is 11.2. The third-order valence-corrected chi connectivity index (χ3v) is 3.66. The lowest BCUT2D eigenvalue weighted by Gasteiger charge is -2.12. The fourth-order valence-electron chi connectivity index (χ4n) is 2.43. The number of hydrogen-bond acceptors (Lipinski definition) is 3. The highest BCUT2D eigenvalue weighted by Gasteiger charge is 2.15. The molecule has 0 unspecified atom stereocenters. The molecule has 108 valence electrons. The quantitative estimate of drug-likeness (QED) is 0.910. The van der Waals surface area contributed by atoms with Crippen LogP contribution in [-0.4, -0.2) is 20.5 Å². The number of fused-ring (bicyclic) bond motifs is 1. The van der Waals surface area contributed by atoms with Crippen molar-refractivity contribution in [2.24, 2.45) is 5.92 Å². The number of aromatic nitrogens is 3. The molecule has 5 heteroatoms. The largest absolute Gasteiger partial charge is 0.352 e. The summed E-state index contributed by atoms with van der Waals surface area (Å²) in [6, 6.07) is 1.99. The van der Waals surface area contributed by atoms with Crippen LogP contribution in [0.5, 0.6) is 0 Å². The Balaban J connectivity index is 2.17. The van der Waals surface area contributed by atoms with Gasteiger partial charge < -0.3 is 5.32 Å². The highest BCUT2D eigenvalue weighted by atomic mass is 16.1. The van der Waals surface area contributed by atoms with E-state index in [4.69, 9.17) is 0 Å². The molecule has 0 fully saturated rings. The smallest absolute Gasteiger partial charge is 0.223 e. The number of hydrogen-bond donors (Lipinski definition) is 1. The minimum absolute atomic E-state index is 0.0910. The van der Waals surface area contributed by atoms with Crippen LogP contribution in [0.4, 0.5) is 0 Å². The van der Waals surface area contributed by atoms with Crippen molar-refractivity contribution in [3.05, 3.63) is 29.2 Å². The van der Waals surface area contributed by atoms with Gasteiger partial charge in [0, 0.05) is 29.4 Å². The fraction of sp³-hybridized carbons (Fsp3) is 0.533. The van der Waals surface area contributed by atoms with E-state index in [0.29, 0.717) is 6.54 Å². The van der Waals surface area contributed by atoms with Crippen LogP contribution in [0.2, 0.25) is 0 Å². The van der Waals surface area contributed by atoms with Crippen LogP contribution in [-0.2, 0) is 11.3 Å². The molecule has 2 aromatic heterocycles. The third-order valence-electron chi connectivity index (χ3n) is 3.66. The Morgan fingerprint density at radius 1 is 1.35 bits per heavy atom. The SMILES string of the molecule is CCC(CC)C(=O)NCc1cnn2c(C)cc(C)nc12. The molecule has 0 radical (unpaired) electrons. The van der Waals surface area contributed by atoms with Crippen LogP contribution < -0.4 is 5.32 Å². The molecule has 1 amide bonds. The number of rotatable bonds is 5. The summed E-state index contributed by atoms with van der Waals surface area (Å²) in [6.07, 6.45) is 3.52. The summed E-state index contributed by atoms with van der Waals surface area (Å²) in [5.74, 6) is 0.201. The van der Waals surface area contributed by atoms with Crippen LogP contribution in [0, 0.1) is 19.8 Å². The average molecular weight is 274 g/mol. The minimum atomic E-state index is 0.0910. The Morgan fingerprint density at radius 2 is 2.05 bits per heavy atom. The van der Waals surface area contributed by atoms with Gasteiger partial charge in [0.2, 0.25) is 5.91 Å². The standard InChI is InChI=1S/C15H22N4O/c1-5-12(6-2)15(20)16-8-13-9-17-19-11(4)7-10(3)18-14(13)19/h7,9,12H,5-6,8H2,1-4H3,(H,16,20). The molecular formula is C15H22N4O.